The molecule has 4 nitrogen and oxygen atoms in total. The van der Waals surface area contributed by atoms with Crippen LogP contribution in [-0.2, 0) is 12.6 Å². The Labute approximate surface area is 95.5 Å². The van der Waals surface area contributed by atoms with Gasteiger partial charge in [-0.15, -0.1) is 0 Å². The number of nitrogens with one attached hydrogen (secondary N) is 1. The zero-order chi connectivity index (χ0) is 12.5. The van der Waals surface area contributed by atoms with E-state index in [0.29, 0.717) is 18.7 Å². The molecule has 7 heteroatoms. The lowest BCUT2D eigenvalue weighted by Gasteiger charge is -2.07. The summed E-state index contributed by atoms with van der Waals surface area (Å²) in [6.45, 7) is 0.658. The number of hydrogen-bond acceptors (Lipinski definition) is 3. The van der Waals surface area contributed by atoms with Gasteiger partial charge in [-0.05, 0) is 13.1 Å². The summed E-state index contributed by atoms with van der Waals surface area (Å²) >= 11 is 0. The van der Waals surface area contributed by atoms with Crippen LogP contribution < -0.4 is 5.32 Å². The van der Waals surface area contributed by atoms with E-state index in [4.69, 9.17) is 0 Å². The Kier molecular flexibility index (Phi) is 3.01. The Morgan fingerprint density at radius 3 is 2.82 bits per heavy atom. The highest BCUT2D eigenvalue weighted by Gasteiger charge is 2.34. The second-order valence-corrected chi connectivity index (χ2v) is 3.59. The summed E-state index contributed by atoms with van der Waals surface area (Å²) in [6.07, 6.45) is -2.72. The van der Waals surface area contributed by atoms with Gasteiger partial charge in [-0.25, -0.2) is 9.50 Å². The minimum Gasteiger partial charge on any atom is -0.319 e. The highest BCUT2D eigenvalue weighted by atomic mass is 19.4. The van der Waals surface area contributed by atoms with Crippen LogP contribution >= 0.6 is 0 Å². The van der Waals surface area contributed by atoms with Crippen molar-refractivity contribution in [2.24, 2.45) is 0 Å². The number of fused-ring (bicyclic) bond motifs is 1. The van der Waals surface area contributed by atoms with Crippen LogP contribution in [0, 0.1) is 0 Å². The van der Waals surface area contributed by atoms with Crippen LogP contribution in [0.25, 0.3) is 5.65 Å². The van der Waals surface area contributed by atoms with Gasteiger partial charge in [0.25, 0.3) is 0 Å². The van der Waals surface area contributed by atoms with Crippen molar-refractivity contribution in [2.75, 3.05) is 13.6 Å². The monoisotopic (exact) mass is 244 g/mol. The summed E-state index contributed by atoms with van der Waals surface area (Å²) < 4.78 is 38.9. The molecule has 0 saturated heterocycles. The van der Waals surface area contributed by atoms with Crippen molar-refractivity contribution >= 4 is 5.65 Å². The maximum absolute atomic E-state index is 12.7. The molecule has 1 N–H and O–H groups in total. The van der Waals surface area contributed by atoms with Gasteiger partial charge in [0.15, 0.2) is 5.65 Å². The molecule has 2 rings (SSSR count). The second-order valence-electron chi connectivity index (χ2n) is 3.59. The Balaban J connectivity index is 2.46. The molecule has 0 bridgehead atoms. The first kappa shape index (κ1) is 11.8. The number of rotatable bonds is 3. The highest BCUT2D eigenvalue weighted by Crippen LogP contribution is 2.28. The SMILES string of the molecule is CNCCc1cc2nccc(C(F)(F)F)n2n1. The predicted molar refractivity (Wildman–Crippen MR) is 55.6 cm³/mol. The molecule has 0 radical (unpaired) electrons. The molecule has 0 aliphatic carbocycles. The van der Waals surface area contributed by atoms with Gasteiger partial charge in [-0.1, -0.05) is 0 Å². The van der Waals surface area contributed by atoms with Gasteiger partial charge < -0.3 is 5.32 Å². The fourth-order valence-corrected chi connectivity index (χ4v) is 1.53. The zero-order valence-corrected chi connectivity index (χ0v) is 9.12. The quantitative estimate of drug-likeness (QED) is 0.889. The molecule has 2 aromatic rings. The van der Waals surface area contributed by atoms with Gasteiger partial charge in [-0.2, -0.15) is 18.3 Å². The van der Waals surface area contributed by atoms with Crippen LogP contribution in [0.2, 0.25) is 0 Å². The van der Waals surface area contributed by atoms with Crippen molar-refractivity contribution in [3.63, 3.8) is 0 Å². The Hall–Kier alpha value is -1.63. The molecular formula is C10H11F3N4. The third-order valence-corrected chi connectivity index (χ3v) is 2.33. The van der Waals surface area contributed by atoms with Crippen molar-refractivity contribution in [2.45, 2.75) is 12.6 Å². The van der Waals surface area contributed by atoms with Crippen LogP contribution in [0.1, 0.15) is 11.4 Å². The summed E-state index contributed by atoms with van der Waals surface area (Å²) in [5, 5.41) is 6.82. The average molecular weight is 244 g/mol. The third-order valence-electron chi connectivity index (χ3n) is 2.33. The van der Waals surface area contributed by atoms with Gasteiger partial charge in [0, 0.05) is 25.2 Å². The number of hydrogen-bond donors (Lipinski definition) is 1. The Morgan fingerprint density at radius 1 is 1.41 bits per heavy atom. The molecule has 2 heterocycles. The summed E-state index contributed by atoms with van der Waals surface area (Å²) in [7, 11) is 1.77. The molecule has 0 fully saturated rings. The number of nitrogens with zero attached hydrogens (tertiary/aromatic N) is 3. The largest absolute Gasteiger partial charge is 0.433 e. The maximum Gasteiger partial charge on any atom is 0.433 e. The van der Waals surface area contributed by atoms with Crippen molar-refractivity contribution < 1.29 is 13.2 Å². The van der Waals surface area contributed by atoms with E-state index in [1.165, 1.54) is 0 Å². The molecule has 17 heavy (non-hydrogen) atoms. The number of aromatic nitrogens is 3. The molecule has 0 spiro atoms. The zero-order valence-electron chi connectivity index (χ0n) is 9.12. The predicted octanol–water partition coefficient (Wildman–Crippen LogP) is 1.51. The van der Waals surface area contributed by atoms with Gasteiger partial charge in [-0.3, -0.25) is 0 Å². The van der Waals surface area contributed by atoms with Crippen LogP contribution in [0.3, 0.4) is 0 Å². The van der Waals surface area contributed by atoms with Crippen molar-refractivity contribution in [1.29, 1.82) is 0 Å². The van der Waals surface area contributed by atoms with Crippen LogP contribution in [0.4, 0.5) is 13.2 Å². The summed E-state index contributed by atoms with van der Waals surface area (Å²) in [5.41, 5.74) is -0.00677. The van der Waals surface area contributed by atoms with E-state index < -0.39 is 11.9 Å². The maximum atomic E-state index is 12.7. The molecule has 0 amide bonds. The standard InChI is InChI=1S/C10H11F3N4/c1-14-4-2-7-6-9-15-5-3-8(10(11,12)13)17(9)16-7/h3,5-6,14H,2,4H2,1H3. The van der Waals surface area contributed by atoms with Crippen molar-refractivity contribution in [3.8, 4) is 0 Å². The van der Waals surface area contributed by atoms with E-state index in [1.807, 2.05) is 0 Å². The molecular weight excluding hydrogens is 233 g/mol. The number of likely N-dealkylation sites (N-methyl/N-ethyl adjacent to an activating group) is 1. The molecule has 0 saturated carbocycles. The summed E-state index contributed by atoms with van der Waals surface area (Å²) in [5.74, 6) is 0. The lowest BCUT2D eigenvalue weighted by molar-refractivity contribution is -0.142. The summed E-state index contributed by atoms with van der Waals surface area (Å²) in [4.78, 5) is 3.86. The normalized spacial score (nSPS) is 12.2. The van der Waals surface area contributed by atoms with Crippen molar-refractivity contribution in [3.05, 3.63) is 29.7 Å². The Morgan fingerprint density at radius 2 is 2.18 bits per heavy atom. The van der Waals surface area contributed by atoms with E-state index >= 15 is 0 Å². The summed E-state index contributed by atoms with van der Waals surface area (Å²) in [6, 6.07) is 2.48. The van der Waals surface area contributed by atoms with E-state index in [0.717, 1.165) is 16.8 Å². The van der Waals surface area contributed by atoms with E-state index in [-0.39, 0.29) is 5.65 Å². The molecule has 0 atom stereocenters. The third kappa shape index (κ3) is 2.38. The lowest BCUT2D eigenvalue weighted by Crippen LogP contribution is -2.13. The topological polar surface area (TPSA) is 42.2 Å². The van der Waals surface area contributed by atoms with Gasteiger partial charge in [0.2, 0.25) is 0 Å². The number of halogens is 3. The first-order chi connectivity index (χ1) is 8.02. The van der Waals surface area contributed by atoms with E-state index in [1.54, 1.807) is 13.1 Å². The van der Waals surface area contributed by atoms with Crippen LogP contribution in [0.5, 0.6) is 0 Å². The van der Waals surface area contributed by atoms with Gasteiger partial charge in [0.1, 0.15) is 5.69 Å². The van der Waals surface area contributed by atoms with Crippen LogP contribution in [-0.4, -0.2) is 28.2 Å². The molecule has 0 aromatic carbocycles. The van der Waals surface area contributed by atoms with Crippen molar-refractivity contribution in [1.82, 2.24) is 19.9 Å². The van der Waals surface area contributed by atoms with E-state index in [9.17, 15) is 13.2 Å². The fourth-order valence-electron chi connectivity index (χ4n) is 1.53. The Bertz CT molecular complexity index is 518. The van der Waals surface area contributed by atoms with E-state index in [2.05, 4.69) is 15.4 Å². The van der Waals surface area contributed by atoms with Gasteiger partial charge >= 0.3 is 6.18 Å². The molecule has 0 aliphatic rings. The minimum absolute atomic E-state index is 0.214. The smallest absolute Gasteiger partial charge is 0.319 e. The highest BCUT2D eigenvalue weighted by molar-refractivity contribution is 5.40. The molecule has 0 aliphatic heterocycles. The molecule has 0 unspecified atom stereocenters. The first-order valence-electron chi connectivity index (χ1n) is 5.08. The second kappa shape index (κ2) is 4.33. The molecule has 2 aromatic heterocycles. The first-order valence-corrected chi connectivity index (χ1v) is 5.08. The molecule has 92 valence electrons. The lowest BCUT2D eigenvalue weighted by atomic mass is 10.3. The fraction of sp³-hybridized carbons (Fsp3) is 0.400. The number of alkyl halides is 3. The van der Waals surface area contributed by atoms with Crippen LogP contribution in [0.15, 0.2) is 18.3 Å². The minimum atomic E-state index is -4.42. The van der Waals surface area contributed by atoms with Gasteiger partial charge in [0.05, 0.1) is 5.69 Å². The average Bonchev–Trinajstić information content (AvgIpc) is 2.66.